The molecule has 0 unspecified atom stereocenters. The third-order valence-electron chi connectivity index (χ3n) is 2.89. The van der Waals surface area contributed by atoms with Crippen molar-refractivity contribution in [3.05, 3.63) is 0 Å². The minimum atomic E-state index is -4.22. The van der Waals surface area contributed by atoms with Gasteiger partial charge in [-0.25, -0.2) is 9.52 Å². The van der Waals surface area contributed by atoms with Crippen molar-refractivity contribution in [3.63, 3.8) is 0 Å². The number of aliphatic carboxylic acids is 1. The van der Waals surface area contributed by atoms with E-state index in [-0.39, 0.29) is 0 Å². The zero-order valence-electron chi connectivity index (χ0n) is 11.5. The van der Waals surface area contributed by atoms with Gasteiger partial charge in [0.05, 0.1) is 6.10 Å². The number of hydrogen-bond donors (Lipinski definition) is 2. The highest BCUT2D eigenvalue weighted by atomic mass is 32.2. The first-order valence-electron chi connectivity index (χ1n) is 6.44. The fourth-order valence-corrected chi connectivity index (χ4v) is 3.40. The summed E-state index contributed by atoms with van der Waals surface area (Å²) in [5.74, 6) is -1.26. The quantitative estimate of drug-likeness (QED) is 0.746. The average molecular weight is 308 g/mol. The molecule has 9 heteroatoms. The number of nitrogens with zero attached hydrogens (tertiary/aromatic N) is 1. The van der Waals surface area contributed by atoms with Crippen LogP contribution in [0.1, 0.15) is 39.5 Å². The minimum absolute atomic E-state index is 0.393. The monoisotopic (exact) mass is 308 g/mol. The fourth-order valence-electron chi connectivity index (χ4n) is 2.14. The SMILES string of the molecule is CC(C)OC(=O)NS(=O)(=O)N(CC(=O)O)C1CCCC1. The van der Waals surface area contributed by atoms with Gasteiger partial charge in [0.2, 0.25) is 0 Å². The lowest BCUT2D eigenvalue weighted by atomic mass is 10.2. The van der Waals surface area contributed by atoms with Crippen molar-refractivity contribution in [2.75, 3.05) is 6.54 Å². The van der Waals surface area contributed by atoms with E-state index in [0.29, 0.717) is 12.8 Å². The number of carbonyl (C=O) groups excluding carboxylic acids is 1. The van der Waals surface area contributed by atoms with Gasteiger partial charge < -0.3 is 9.84 Å². The highest BCUT2D eigenvalue weighted by Crippen LogP contribution is 2.25. The molecule has 0 bridgehead atoms. The lowest BCUT2D eigenvalue weighted by molar-refractivity contribution is -0.137. The minimum Gasteiger partial charge on any atom is -0.480 e. The molecule has 1 amide bonds. The standard InChI is InChI=1S/C11H20N2O6S/c1-8(2)19-11(16)12-20(17,18)13(7-10(14)15)9-5-3-4-6-9/h8-9H,3-7H2,1-2H3,(H,12,16)(H,14,15). The van der Waals surface area contributed by atoms with Crippen molar-refractivity contribution >= 4 is 22.3 Å². The second-order valence-corrected chi connectivity index (χ2v) is 6.56. The Morgan fingerprint density at radius 1 is 1.35 bits per heavy atom. The van der Waals surface area contributed by atoms with Crippen molar-refractivity contribution < 1.29 is 27.9 Å². The predicted molar refractivity (Wildman–Crippen MR) is 70.3 cm³/mol. The summed E-state index contributed by atoms with van der Waals surface area (Å²) >= 11 is 0. The Kier molecular flexibility index (Phi) is 5.75. The van der Waals surface area contributed by atoms with Gasteiger partial charge in [-0.3, -0.25) is 4.79 Å². The highest BCUT2D eigenvalue weighted by molar-refractivity contribution is 7.87. The number of nitrogens with one attached hydrogen (secondary N) is 1. The van der Waals surface area contributed by atoms with Crippen molar-refractivity contribution in [2.45, 2.75) is 51.7 Å². The fraction of sp³-hybridized carbons (Fsp3) is 0.818. The summed E-state index contributed by atoms with van der Waals surface area (Å²) in [6.45, 7) is 2.49. The van der Waals surface area contributed by atoms with E-state index in [1.165, 1.54) is 0 Å². The van der Waals surface area contributed by atoms with Crippen LogP contribution >= 0.6 is 0 Å². The second-order valence-electron chi connectivity index (χ2n) is 4.94. The van der Waals surface area contributed by atoms with E-state index < -0.39 is 41.0 Å². The molecule has 8 nitrogen and oxygen atoms in total. The Bertz CT molecular complexity index is 456. The number of ether oxygens (including phenoxy) is 1. The summed E-state index contributed by atoms with van der Waals surface area (Å²) in [5.41, 5.74) is 0. The van der Waals surface area contributed by atoms with Crippen LogP contribution in [0.5, 0.6) is 0 Å². The van der Waals surface area contributed by atoms with E-state index >= 15 is 0 Å². The van der Waals surface area contributed by atoms with Crippen molar-refractivity contribution in [1.29, 1.82) is 0 Å². The summed E-state index contributed by atoms with van der Waals surface area (Å²) in [6.07, 6.45) is 1.29. The molecular weight excluding hydrogens is 288 g/mol. The van der Waals surface area contributed by atoms with Crippen LogP contribution in [-0.2, 0) is 19.7 Å². The Labute approximate surface area is 118 Å². The summed E-state index contributed by atoms with van der Waals surface area (Å²) in [6, 6.07) is -0.393. The van der Waals surface area contributed by atoms with E-state index in [4.69, 9.17) is 9.84 Å². The van der Waals surface area contributed by atoms with Crippen LogP contribution in [0.2, 0.25) is 0 Å². The zero-order chi connectivity index (χ0) is 15.3. The first-order chi connectivity index (χ1) is 9.22. The summed E-state index contributed by atoms with van der Waals surface area (Å²) < 4.78 is 31.5. The Hall–Kier alpha value is -1.35. The topological polar surface area (TPSA) is 113 Å². The van der Waals surface area contributed by atoms with Gasteiger partial charge >= 0.3 is 22.3 Å². The van der Waals surface area contributed by atoms with Crippen LogP contribution in [0, 0.1) is 0 Å². The average Bonchev–Trinajstić information content (AvgIpc) is 2.76. The molecular formula is C11H20N2O6S. The summed E-state index contributed by atoms with van der Waals surface area (Å²) in [7, 11) is -4.22. The van der Waals surface area contributed by atoms with Gasteiger partial charge in [0.25, 0.3) is 0 Å². The highest BCUT2D eigenvalue weighted by Gasteiger charge is 2.35. The van der Waals surface area contributed by atoms with Gasteiger partial charge in [0, 0.05) is 6.04 Å². The molecule has 2 N–H and O–H groups in total. The van der Waals surface area contributed by atoms with E-state index in [1.807, 2.05) is 0 Å². The first kappa shape index (κ1) is 16.7. The van der Waals surface area contributed by atoms with Crippen molar-refractivity contribution in [3.8, 4) is 0 Å². The Morgan fingerprint density at radius 3 is 2.35 bits per heavy atom. The van der Waals surface area contributed by atoms with Gasteiger partial charge in [-0.15, -0.1) is 0 Å². The number of carboxylic acid groups (broad SMARTS) is 1. The maximum Gasteiger partial charge on any atom is 0.422 e. The van der Waals surface area contributed by atoms with Crippen LogP contribution in [-0.4, -0.2) is 48.6 Å². The van der Waals surface area contributed by atoms with Gasteiger partial charge in [-0.2, -0.15) is 12.7 Å². The molecule has 0 saturated heterocycles. The summed E-state index contributed by atoms with van der Waals surface area (Å²) in [4.78, 5) is 22.2. The molecule has 0 aromatic heterocycles. The maximum atomic E-state index is 12.1. The number of amides is 1. The van der Waals surface area contributed by atoms with E-state index in [0.717, 1.165) is 17.1 Å². The molecule has 0 aromatic carbocycles. The summed E-state index contributed by atoms with van der Waals surface area (Å²) in [5, 5.41) is 8.84. The molecule has 0 spiro atoms. The van der Waals surface area contributed by atoms with Crippen LogP contribution in [0.25, 0.3) is 0 Å². The Morgan fingerprint density at radius 2 is 1.90 bits per heavy atom. The molecule has 1 aliphatic rings. The molecule has 1 fully saturated rings. The van der Waals surface area contributed by atoms with E-state index in [1.54, 1.807) is 18.6 Å². The van der Waals surface area contributed by atoms with Gasteiger partial charge in [0.1, 0.15) is 6.54 Å². The molecule has 0 heterocycles. The van der Waals surface area contributed by atoms with Gasteiger partial charge in [0.15, 0.2) is 0 Å². The number of hydrogen-bond acceptors (Lipinski definition) is 5. The molecule has 0 radical (unpaired) electrons. The zero-order valence-corrected chi connectivity index (χ0v) is 12.4. The molecule has 0 atom stereocenters. The third-order valence-corrected chi connectivity index (χ3v) is 4.36. The van der Waals surface area contributed by atoms with Crippen molar-refractivity contribution in [1.82, 2.24) is 9.03 Å². The largest absolute Gasteiger partial charge is 0.480 e. The number of carbonyl (C=O) groups is 2. The number of rotatable bonds is 6. The third kappa shape index (κ3) is 4.97. The number of carboxylic acids is 1. The lowest BCUT2D eigenvalue weighted by Crippen LogP contribution is -2.50. The lowest BCUT2D eigenvalue weighted by Gasteiger charge is -2.26. The maximum absolute atomic E-state index is 12.1. The smallest absolute Gasteiger partial charge is 0.422 e. The normalized spacial score (nSPS) is 16.6. The molecule has 0 aromatic rings. The first-order valence-corrected chi connectivity index (χ1v) is 7.88. The molecule has 20 heavy (non-hydrogen) atoms. The van der Waals surface area contributed by atoms with E-state index in [2.05, 4.69) is 0 Å². The van der Waals surface area contributed by atoms with Gasteiger partial charge in [-0.05, 0) is 26.7 Å². The predicted octanol–water partition coefficient (Wildman–Crippen LogP) is 0.695. The molecule has 1 saturated carbocycles. The molecule has 1 rings (SSSR count). The van der Waals surface area contributed by atoms with Crippen molar-refractivity contribution in [2.24, 2.45) is 0 Å². The van der Waals surface area contributed by atoms with Crippen LogP contribution in [0.15, 0.2) is 0 Å². The van der Waals surface area contributed by atoms with Crippen LogP contribution in [0.3, 0.4) is 0 Å². The molecule has 0 aliphatic heterocycles. The van der Waals surface area contributed by atoms with Crippen LogP contribution in [0.4, 0.5) is 4.79 Å². The van der Waals surface area contributed by atoms with Crippen LogP contribution < -0.4 is 4.72 Å². The Balaban J connectivity index is 2.81. The molecule has 116 valence electrons. The second kappa shape index (κ2) is 6.89. The molecule has 1 aliphatic carbocycles. The van der Waals surface area contributed by atoms with Gasteiger partial charge in [-0.1, -0.05) is 12.8 Å². The van der Waals surface area contributed by atoms with E-state index in [9.17, 15) is 18.0 Å².